The third-order valence-electron chi connectivity index (χ3n) is 3.27. The monoisotopic (exact) mass is 233 g/mol. The predicted molar refractivity (Wildman–Crippen MR) is 68.1 cm³/mol. The average Bonchev–Trinajstić information content (AvgIpc) is 2.81. The van der Waals surface area contributed by atoms with Crippen molar-refractivity contribution in [1.82, 2.24) is 0 Å². The van der Waals surface area contributed by atoms with E-state index >= 15 is 0 Å². The molecule has 3 heteroatoms. The van der Waals surface area contributed by atoms with E-state index in [1.165, 1.54) is 12.8 Å². The first-order valence-corrected chi connectivity index (χ1v) is 6.17. The molecule has 3 nitrogen and oxygen atoms in total. The molecule has 92 valence electrons. The largest absolute Gasteiger partial charge is 0.490 e. The Kier molecular flexibility index (Phi) is 3.67. The number of benzene rings is 1. The molecule has 0 radical (unpaired) electrons. The van der Waals surface area contributed by atoms with Gasteiger partial charge in [-0.05, 0) is 57.2 Å². The first kappa shape index (κ1) is 12.0. The lowest BCUT2D eigenvalue weighted by Crippen LogP contribution is -2.13. The number of hydrogen-bond donors (Lipinski definition) is 1. The zero-order chi connectivity index (χ0) is 12.3. The maximum atomic E-state index is 8.88. The van der Waals surface area contributed by atoms with Crippen LogP contribution in [-0.2, 0) is 0 Å². The van der Waals surface area contributed by atoms with E-state index in [9.17, 15) is 0 Å². The maximum absolute atomic E-state index is 8.88. The van der Waals surface area contributed by atoms with Gasteiger partial charge >= 0.3 is 0 Å². The van der Waals surface area contributed by atoms with E-state index in [1.807, 2.05) is 25.1 Å². The lowest BCUT2D eigenvalue weighted by molar-refractivity contribution is 0.209. The highest BCUT2D eigenvalue weighted by molar-refractivity contribution is 6.00. The molecule has 0 amide bonds. The molecule has 0 spiro atoms. The highest BCUT2D eigenvalue weighted by Gasteiger charge is 2.18. The molecule has 1 aromatic carbocycles. The van der Waals surface area contributed by atoms with Crippen LogP contribution in [0.15, 0.2) is 23.4 Å². The highest BCUT2D eigenvalue weighted by atomic mass is 16.5. The van der Waals surface area contributed by atoms with Crippen LogP contribution in [0.1, 0.15) is 43.7 Å². The summed E-state index contributed by atoms with van der Waals surface area (Å²) in [5.41, 5.74) is 2.63. The second-order valence-corrected chi connectivity index (χ2v) is 4.71. The van der Waals surface area contributed by atoms with Crippen LogP contribution in [0.25, 0.3) is 0 Å². The Bertz CT molecular complexity index is 420. The molecule has 0 heterocycles. The van der Waals surface area contributed by atoms with Gasteiger partial charge in [0.1, 0.15) is 5.75 Å². The van der Waals surface area contributed by atoms with Gasteiger partial charge in [0, 0.05) is 5.56 Å². The van der Waals surface area contributed by atoms with E-state index in [-0.39, 0.29) is 0 Å². The highest BCUT2D eigenvalue weighted by Crippen LogP contribution is 2.28. The molecular weight excluding hydrogens is 214 g/mol. The Morgan fingerprint density at radius 1 is 1.35 bits per heavy atom. The van der Waals surface area contributed by atoms with E-state index in [2.05, 4.69) is 5.16 Å². The number of aryl methyl sites for hydroxylation is 1. The van der Waals surface area contributed by atoms with Crippen LogP contribution < -0.4 is 4.74 Å². The standard InChI is InChI=1S/C14H19NO2/c1-10-7-8-13(11(2)15-16)14(9-10)17-12-5-3-4-6-12/h7-9,12,16H,3-6H2,1-2H3/b15-11-. The van der Waals surface area contributed by atoms with Gasteiger partial charge in [-0.2, -0.15) is 0 Å². The first-order valence-electron chi connectivity index (χ1n) is 6.17. The van der Waals surface area contributed by atoms with Crippen molar-refractivity contribution in [1.29, 1.82) is 0 Å². The summed E-state index contributed by atoms with van der Waals surface area (Å²) in [7, 11) is 0. The molecule has 0 saturated heterocycles. The average molecular weight is 233 g/mol. The van der Waals surface area contributed by atoms with E-state index < -0.39 is 0 Å². The molecular formula is C14H19NO2. The summed E-state index contributed by atoms with van der Waals surface area (Å²) in [6.45, 7) is 3.82. The topological polar surface area (TPSA) is 41.8 Å². The van der Waals surface area contributed by atoms with Gasteiger partial charge in [-0.25, -0.2) is 0 Å². The van der Waals surface area contributed by atoms with Gasteiger partial charge in [0.05, 0.1) is 11.8 Å². The quantitative estimate of drug-likeness (QED) is 0.493. The summed E-state index contributed by atoms with van der Waals surface area (Å²) in [5, 5.41) is 12.1. The van der Waals surface area contributed by atoms with Gasteiger partial charge in [-0.15, -0.1) is 0 Å². The molecule has 1 aromatic rings. The fourth-order valence-electron chi connectivity index (χ4n) is 2.27. The van der Waals surface area contributed by atoms with Crippen molar-refractivity contribution >= 4 is 5.71 Å². The molecule has 1 N–H and O–H groups in total. The van der Waals surface area contributed by atoms with Crippen molar-refractivity contribution in [2.45, 2.75) is 45.6 Å². The number of hydrogen-bond acceptors (Lipinski definition) is 3. The molecule has 0 unspecified atom stereocenters. The number of nitrogens with zero attached hydrogens (tertiary/aromatic N) is 1. The lowest BCUT2D eigenvalue weighted by atomic mass is 10.1. The third-order valence-corrected chi connectivity index (χ3v) is 3.27. The molecule has 2 rings (SSSR count). The molecule has 1 aliphatic rings. The van der Waals surface area contributed by atoms with Crippen molar-refractivity contribution in [3.8, 4) is 5.75 Å². The number of oxime groups is 1. The fraction of sp³-hybridized carbons (Fsp3) is 0.500. The van der Waals surface area contributed by atoms with Crippen LogP contribution in [0.4, 0.5) is 0 Å². The third kappa shape index (κ3) is 2.78. The van der Waals surface area contributed by atoms with E-state index in [4.69, 9.17) is 9.94 Å². The Balaban J connectivity index is 2.26. The minimum Gasteiger partial charge on any atom is -0.490 e. The van der Waals surface area contributed by atoms with Crippen LogP contribution in [0.2, 0.25) is 0 Å². The van der Waals surface area contributed by atoms with E-state index in [0.717, 1.165) is 29.7 Å². The molecule has 0 bridgehead atoms. The molecule has 0 atom stereocenters. The summed E-state index contributed by atoms with van der Waals surface area (Å²) in [6, 6.07) is 5.97. The second kappa shape index (κ2) is 5.21. The normalized spacial score (nSPS) is 17.4. The molecule has 1 fully saturated rings. The van der Waals surface area contributed by atoms with Gasteiger partial charge in [-0.1, -0.05) is 11.2 Å². The first-order chi connectivity index (χ1) is 8.20. The second-order valence-electron chi connectivity index (χ2n) is 4.71. The molecule has 1 saturated carbocycles. The van der Waals surface area contributed by atoms with Crippen molar-refractivity contribution < 1.29 is 9.94 Å². The van der Waals surface area contributed by atoms with E-state index in [0.29, 0.717) is 11.8 Å². The summed E-state index contributed by atoms with van der Waals surface area (Å²) >= 11 is 0. The van der Waals surface area contributed by atoms with Crippen LogP contribution >= 0.6 is 0 Å². The van der Waals surface area contributed by atoms with Crippen LogP contribution in [0.3, 0.4) is 0 Å². The SMILES string of the molecule is C/C(=N/O)c1ccc(C)cc1OC1CCCC1. The summed E-state index contributed by atoms with van der Waals surface area (Å²) in [5.74, 6) is 0.840. The van der Waals surface area contributed by atoms with Crippen molar-refractivity contribution in [3.05, 3.63) is 29.3 Å². The predicted octanol–water partition coefficient (Wildman–Crippen LogP) is 3.51. The minimum absolute atomic E-state index is 0.321. The maximum Gasteiger partial charge on any atom is 0.129 e. The summed E-state index contributed by atoms with van der Waals surface area (Å²) < 4.78 is 6.02. The van der Waals surface area contributed by atoms with Crippen molar-refractivity contribution in [3.63, 3.8) is 0 Å². The van der Waals surface area contributed by atoms with Crippen molar-refractivity contribution in [2.24, 2.45) is 5.16 Å². The Morgan fingerprint density at radius 2 is 2.06 bits per heavy atom. The lowest BCUT2D eigenvalue weighted by Gasteiger charge is -2.16. The molecule has 1 aliphatic carbocycles. The van der Waals surface area contributed by atoms with Crippen molar-refractivity contribution in [2.75, 3.05) is 0 Å². The molecule has 17 heavy (non-hydrogen) atoms. The minimum atomic E-state index is 0.321. The Labute approximate surface area is 102 Å². The van der Waals surface area contributed by atoms with Crippen LogP contribution in [0.5, 0.6) is 5.75 Å². The molecule has 0 aliphatic heterocycles. The number of ether oxygens (including phenoxy) is 1. The summed E-state index contributed by atoms with van der Waals surface area (Å²) in [4.78, 5) is 0. The van der Waals surface area contributed by atoms with Gasteiger partial charge in [0.15, 0.2) is 0 Å². The van der Waals surface area contributed by atoms with Gasteiger partial charge < -0.3 is 9.94 Å². The van der Waals surface area contributed by atoms with Crippen LogP contribution in [-0.4, -0.2) is 17.0 Å². The zero-order valence-electron chi connectivity index (χ0n) is 10.4. The zero-order valence-corrected chi connectivity index (χ0v) is 10.4. The Morgan fingerprint density at radius 3 is 2.71 bits per heavy atom. The van der Waals surface area contributed by atoms with Gasteiger partial charge in [-0.3, -0.25) is 0 Å². The fourth-order valence-corrected chi connectivity index (χ4v) is 2.27. The Hall–Kier alpha value is -1.51. The smallest absolute Gasteiger partial charge is 0.129 e. The molecule has 0 aromatic heterocycles. The van der Waals surface area contributed by atoms with E-state index in [1.54, 1.807) is 6.92 Å². The van der Waals surface area contributed by atoms with Gasteiger partial charge in [0.25, 0.3) is 0 Å². The number of rotatable bonds is 3. The van der Waals surface area contributed by atoms with Crippen LogP contribution in [0, 0.1) is 6.92 Å². The summed E-state index contributed by atoms with van der Waals surface area (Å²) in [6.07, 6.45) is 5.07. The van der Waals surface area contributed by atoms with Gasteiger partial charge in [0.2, 0.25) is 0 Å².